The Kier molecular flexibility index (Phi) is 5.46. The van der Waals surface area contributed by atoms with Gasteiger partial charge in [-0.2, -0.15) is 13.2 Å². The highest BCUT2D eigenvalue weighted by molar-refractivity contribution is 8.00. The third-order valence-electron chi connectivity index (χ3n) is 3.94. The molecule has 2 aromatic rings. The van der Waals surface area contributed by atoms with E-state index in [9.17, 15) is 23.1 Å². The monoisotopic (exact) mass is 395 g/mol. The molecule has 0 radical (unpaired) electrons. The predicted molar refractivity (Wildman–Crippen MR) is 97.1 cm³/mol. The van der Waals surface area contributed by atoms with E-state index in [1.165, 1.54) is 12.1 Å². The van der Waals surface area contributed by atoms with Crippen molar-refractivity contribution in [3.05, 3.63) is 53.6 Å². The highest BCUT2D eigenvalue weighted by Crippen LogP contribution is 2.40. The molecule has 0 unspecified atom stereocenters. The number of ether oxygens (including phenoxy) is 1. The topological polar surface area (TPSA) is 58.9 Å². The minimum Gasteiger partial charge on any atom is -0.494 e. The van der Waals surface area contributed by atoms with Gasteiger partial charge >= 0.3 is 12.1 Å². The molecule has 1 aliphatic rings. The van der Waals surface area contributed by atoms with E-state index in [-0.39, 0.29) is 12.0 Å². The number of aliphatic carboxylic acids is 1. The van der Waals surface area contributed by atoms with Crippen LogP contribution in [0.3, 0.4) is 0 Å². The molecule has 1 aliphatic heterocycles. The summed E-state index contributed by atoms with van der Waals surface area (Å²) in [5, 5.41) is 8.66. The maximum Gasteiger partial charge on any atom is 0.416 e. The summed E-state index contributed by atoms with van der Waals surface area (Å²) in [7, 11) is 0. The van der Waals surface area contributed by atoms with Crippen molar-refractivity contribution in [2.75, 3.05) is 6.61 Å². The van der Waals surface area contributed by atoms with E-state index in [1.807, 2.05) is 6.92 Å². The zero-order valence-corrected chi connectivity index (χ0v) is 15.1. The van der Waals surface area contributed by atoms with Crippen molar-refractivity contribution in [2.24, 2.45) is 4.99 Å². The molecule has 1 atom stereocenters. The lowest BCUT2D eigenvalue weighted by molar-refractivity contribution is -0.138. The number of carboxylic acids is 1. The summed E-state index contributed by atoms with van der Waals surface area (Å²) in [6.07, 6.45) is -4.47. The largest absolute Gasteiger partial charge is 0.494 e. The second-order valence-electron chi connectivity index (χ2n) is 5.85. The fourth-order valence-electron chi connectivity index (χ4n) is 2.69. The summed E-state index contributed by atoms with van der Waals surface area (Å²) in [5.41, 5.74) is 0.292. The number of hydrogen-bond donors (Lipinski definition) is 1. The number of halogens is 3. The lowest BCUT2D eigenvalue weighted by Gasteiger charge is -2.12. The Labute approximate surface area is 158 Å². The molecule has 4 nitrogen and oxygen atoms in total. The standard InChI is InChI=1S/C19H16F3NO3S/c1-2-26-13-6-7-14-16(9-13)27-17(18(24)25)10-15(23-14)11-4-3-5-12(8-11)19(20,21)22/h3-9,17H,2,10H2,1H3,(H,24,25)/t17-/m1/s1. The normalized spacial score (nSPS) is 16.9. The zero-order chi connectivity index (χ0) is 19.6. The second-order valence-corrected chi connectivity index (χ2v) is 7.09. The van der Waals surface area contributed by atoms with Gasteiger partial charge in [0.25, 0.3) is 0 Å². The lowest BCUT2D eigenvalue weighted by atomic mass is 10.0. The van der Waals surface area contributed by atoms with Gasteiger partial charge in [-0.05, 0) is 42.8 Å². The average Bonchev–Trinajstić information content (AvgIpc) is 2.81. The summed E-state index contributed by atoms with van der Waals surface area (Å²) in [5.74, 6) is -0.458. The molecule has 27 heavy (non-hydrogen) atoms. The van der Waals surface area contributed by atoms with E-state index in [0.29, 0.717) is 28.7 Å². The van der Waals surface area contributed by atoms with E-state index in [0.717, 1.165) is 23.9 Å². The van der Waals surface area contributed by atoms with E-state index in [1.54, 1.807) is 18.2 Å². The fraction of sp³-hybridized carbons (Fsp3) is 0.263. The van der Waals surface area contributed by atoms with Gasteiger partial charge in [-0.1, -0.05) is 12.1 Å². The Morgan fingerprint density at radius 2 is 2.07 bits per heavy atom. The van der Waals surface area contributed by atoms with Crippen molar-refractivity contribution in [3.8, 4) is 5.75 Å². The molecule has 8 heteroatoms. The van der Waals surface area contributed by atoms with Crippen LogP contribution in [0.2, 0.25) is 0 Å². The number of carboxylic acid groups (broad SMARTS) is 1. The lowest BCUT2D eigenvalue weighted by Crippen LogP contribution is -2.20. The van der Waals surface area contributed by atoms with Gasteiger partial charge in [-0.25, -0.2) is 0 Å². The minimum atomic E-state index is -4.48. The number of rotatable bonds is 4. The fourth-order valence-corrected chi connectivity index (χ4v) is 3.76. The van der Waals surface area contributed by atoms with Gasteiger partial charge in [-0.15, -0.1) is 11.8 Å². The molecule has 0 bridgehead atoms. The number of nitrogens with zero attached hydrogens (tertiary/aromatic N) is 1. The molecule has 0 saturated heterocycles. The molecule has 0 aliphatic carbocycles. The highest BCUT2D eigenvalue weighted by atomic mass is 32.2. The zero-order valence-electron chi connectivity index (χ0n) is 14.3. The summed E-state index contributed by atoms with van der Waals surface area (Å²) in [4.78, 5) is 16.7. The summed E-state index contributed by atoms with van der Waals surface area (Å²) < 4.78 is 44.5. The quantitative estimate of drug-likeness (QED) is 0.776. The van der Waals surface area contributed by atoms with Gasteiger partial charge in [0.1, 0.15) is 11.0 Å². The van der Waals surface area contributed by atoms with Gasteiger partial charge in [0.2, 0.25) is 0 Å². The van der Waals surface area contributed by atoms with Crippen molar-refractivity contribution >= 4 is 29.1 Å². The van der Waals surface area contributed by atoms with Crippen molar-refractivity contribution in [1.29, 1.82) is 0 Å². The van der Waals surface area contributed by atoms with Crippen LogP contribution in [-0.4, -0.2) is 28.6 Å². The molecule has 0 saturated carbocycles. The maximum atomic E-state index is 13.0. The number of alkyl halides is 3. The van der Waals surface area contributed by atoms with Gasteiger partial charge < -0.3 is 9.84 Å². The van der Waals surface area contributed by atoms with Gasteiger partial charge in [-0.3, -0.25) is 9.79 Å². The smallest absolute Gasteiger partial charge is 0.416 e. The van der Waals surface area contributed by atoms with Crippen molar-refractivity contribution < 1.29 is 27.8 Å². The molecule has 0 aromatic heterocycles. The number of benzene rings is 2. The number of carbonyl (C=O) groups is 1. The predicted octanol–water partition coefficient (Wildman–Crippen LogP) is 5.17. The first-order valence-corrected chi connectivity index (χ1v) is 9.07. The molecule has 1 heterocycles. The van der Waals surface area contributed by atoms with Gasteiger partial charge in [0.15, 0.2) is 0 Å². The number of aliphatic imine (C=N–C) groups is 1. The first-order chi connectivity index (χ1) is 12.8. The van der Waals surface area contributed by atoms with Gasteiger partial charge in [0, 0.05) is 11.3 Å². The first kappa shape index (κ1) is 19.3. The molecule has 0 amide bonds. The number of thioether (sulfide) groups is 1. The molecule has 0 spiro atoms. The van der Waals surface area contributed by atoms with Crippen LogP contribution in [0.1, 0.15) is 24.5 Å². The van der Waals surface area contributed by atoms with Crippen LogP contribution in [0.25, 0.3) is 0 Å². The third kappa shape index (κ3) is 4.44. The second kappa shape index (κ2) is 7.64. The third-order valence-corrected chi connectivity index (χ3v) is 5.18. The molecular formula is C19H16F3NO3S. The van der Waals surface area contributed by atoms with Crippen LogP contribution in [0, 0.1) is 0 Å². The van der Waals surface area contributed by atoms with Crippen LogP contribution in [0.4, 0.5) is 18.9 Å². The Hall–Kier alpha value is -2.48. The van der Waals surface area contributed by atoms with Crippen molar-refractivity contribution in [1.82, 2.24) is 0 Å². The van der Waals surface area contributed by atoms with Crippen LogP contribution in [0.15, 0.2) is 52.4 Å². The van der Waals surface area contributed by atoms with Crippen molar-refractivity contribution in [2.45, 2.75) is 29.7 Å². The van der Waals surface area contributed by atoms with Crippen LogP contribution in [-0.2, 0) is 11.0 Å². The molecule has 0 fully saturated rings. The number of fused-ring (bicyclic) bond motifs is 1. The summed E-state index contributed by atoms with van der Waals surface area (Å²) in [6, 6.07) is 9.89. The first-order valence-electron chi connectivity index (χ1n) is 8.19. The minimum absolute atomic E-state index is 0.0138. The van der Waals surface area contributed by atoms with Crippen LogP contribution >= 0.6 is 11.8 Å². The molecule has 1 N–H and O–H groups in total. The van der Waals surface area contributed by atoms with E-state index in [4.69, 9.17) is 4.74 Å². The Morgan fingerprint density at radius 3 is 2.74 bits per heavy atom. The Balaban J connectivity index is 2.07. The summed E-state index contributed by atoms with van der Waals surface area (Å²) >= 11 is 1.12. The number of hydrogen-bond acceptors (Lipinski definition) is 4. The van der Waals surface area contributed by atoms with Crippen LogP contribution in [0.5, 0.6) is 5.75 Å². The van der Waals surface area contributed by atoms with E-state index >= 15 is 0 Å². The Bertz CT molecular complexity index is 896. The van der Waals surface area contributed by atoms with E-state index in [2.05, 4.69) is 4.99 Å². The molecule has 3 rings (SSSR count). The maximum absolute atomic E-state index is 13.0. The summed E-state index contributed by atoms with van der Waals surface area (Å²) in [6.45, 7) is 2.30. The average molecular weight is 395 g/mol. The van der Waals surface area contributed by atoms with Gasteiger partial charge in [0.05, 0.1) is 23.6 Å². The van der Waals surface area contributed by atoms with E-state index < -0.39 is 23.0 Å². The highest BCUT2D eigenvalue weighted by Gasteiger charge is 2.32. The Morgan fingerprint density at radius 1 is 1.30 bits per heavy atom. The van der Waals surface area contributed by atoms with Crippen molar-refractivity contribution in [3.63, 3.8) is 0 Å². The SMILES string of the molecule is CCOc1ccc2c(c1)S[C@@H](C(=O)O)CC(c1cccc(C(F)(F)F)c1)=N2. The van der Waals surface area contributed by atoms with Crippen LogP contribution < -0.4 is 4.74 Å². The molecule has 142 valence electrons. The molecular weight excluding hydrogens is 379 g/mol. The molecule has 2 aromatic carbocycles.